The number of hydrogen-bond acceptors (Lipinski definition) is 7. The van der Waals surface area contributed by atoms with E-state index in [0.717, 1.165) is 22.2 Å². The van der Waals surface area contributed by atoms with Crippen molar-refractivity contribution in [1.82, 2.24) is 0 Å². The molecule has 0 amide bonds. The van der Waals surface area contributed by atoms with Crippen LogP contribution < -0.4 is 32.9 Å². The summed E-state index contributed by atoms with van der Waals surface area (Å²) in [6, 6.07) is 18.3. The Balaban J connectivity index is 1.79. The second kappa shape index (κ2) is 12.7. The Morgan fingerprint density at radius 3 is 1.63 bits per heavy atom. The topological polar surface area (TPSA) is 64.6 Å². The van der Waals surface area contributed by atoms with E-state index < -0.39 is 0 Å². The van der Waals surface area contributed by atoms with Crippen molar-refractivity contribution in [3.8, 4) is 34.5 Å². The van der Waals surface area contributed by atoms with Gasteiger partial charge in [0, 0.05) is 0 Å². The average molecular weight is 588 g/mol. The van der Waals surface area contributed by atoms with Gasteiger partial charge in [-0.25, -0.2) is 0 Å². The van der Waals surface area contributed by atoms with Gasteiger partial charge in [0.25, 0.3) is 0 Å². The van der Waals surface area contributed by atoms with Crippen LogP contribution in [0, 0.1) is 5.92 Å². The molecule has 1 fully saturated rings. The van der Waals surface area contributed by atoms with Crippen molar-refractivity contribution in [3.63, 3.8) is 0 Å². The van der Waals surface area contributed by atoms with E-state index in [9.17, 15) is 0 Å². The second-order valence-electron chi connectivity index (χ2n) is 9.00. The molecule has 1 heterocycles. The van der Waals surface area contributed by atoms with Crippen LogP contribution in [0.2, 0.25) is 5.32 Å². The monoisotopic (exact) mass is 588 g/mol. The van der Waals surface area contributed by atoms with Gasteiger partial charge >= 0.3 is 232 Å². The molecule has 4 atom stereocenters. The van der Waals surface area contributed by atoms with Crippen molar-refractivity contribution in [1.29, 1.82) is 0 Å². The first-order valence-corrected chi connectivity index (χ1v) is 14.5. The van der Waals surface area contributed by atoms with Gasteiger partial charge < -0.3 is 0 Å². The number of methoxy groups -OCH3 is 6. The maximum atomic E-state index is 6.91. The van der Waals surface area contributed by atoms with Crippen LogP contribution in [0.4, 0.5) is 0 Å². The van der Waals surface area contributed by atoms with Crippen LogP contribution in [0.15, 0.2) is 54.6 Å². The molecule has 8 heteroatoms. The summed E-state index contributed by atoms with van der Waals surface area (Å²) in [5, 5.41) is 0.898. The van der Waals surface area contributed by atoms with Crippen LogP contribution in [-0.4, -0.2) is 63.7 Å². The Morgan fingerprint density at radius 2 is 1.11 bits per heavy atom. The van der Waals surface area contributed by atoms with Gasteiger partial charge in [-0.05, 0) is 0 Å². The molecule has 3 aromatic carbocycles. The van der Waals surface area contributed by atoms with Crippen LogP contribution in [0.5, 0.6) is 34.5 Å². The third-order valence-corrected chi connectivity index (χ3v) is 9.37. The Labute approximate surface area is 231 Å². The molecular formula is C30H36O7Se. The van der Waals surface area contributed by atoms with E-state index in [-0.39, 0.29) is 39.0 Å². The molecule has 38 heavy (non-hydrogen) atoms. The summed E-state index contributed by atoms with van der Waals surface area (Å²) >= 11 is 0.226. The molecule has 0 unspecified atom stereocenters. The number of rotatable bonds is 11. The fourth-order valence-corrected chi connectivity index (χ4v) is 7.27. The summed E-state index contributed by atoms with van der Waals surface area (Å²) in [5.74, 6) is 4.12. The Hall–Kier alpha value is -3.06. The molecule has 0 bridgehead atoms. The Kier molecular flexibility index (Phi) is 9.31. The molecule has 0 N–H and O–H groups in total. The molecule has 1 saturated heterocycles. The van der Waals surface area contributed by atoms with Crippen molar-refractivity contribution in [2.75, 3.05) is 42.7 Å². The van der Waals surface area contributed by atoms with E-state index in [0.29, 0.717) is 28.7 Å². The minimum atomic E-state index is -0.232. The minimum absolute atomic E-state index is 0.0400. The zero-order valence-electron chi connectivity index (χ0n) is 23.0. The molecule has 1 aliphatic rings. The van der Waals surface area contributed by atoms with Crippen LogP contribution in [-0.2, 0) is 4.74 Å². The van der Waals surface area contributed by atoms with Gasteiger partial charge in [-0.3, -0.25) is 0 Å². The van der Waals surface area contributed by atoms with Gasteiger partial charge in [0.1, 0.15) is 0 Å². The molecule has 204 valence electrons. The molecule has 3 aromatic rings. The van der Waals surface area contributed by atoms with Crippen LogP contribution in [0.3, 0.4) is 0 Å². The third kappa shape index (κ3) is 5.53. The summed E-state index contributed by atoms with van der Waals surface area (Å²) in [6.45, 7) is 2.22. The van der Waals surface area contributed by atoms with Crippen molar-refractivity contribution in [2.45, 2.75) is 30.4 Å². The van der Waals surface area contributed by atoms with Gasteiger partial charge in [0.2, 0.25) is 0 Å². The molecule has 4 rings (SSSR count). The predicted molar refractivity (Wildman–Crippen MR) is 148 cm³/mol. The first-order valence-electron chi connectivity index (χ1n) is 12.4. The molecule has 0 saturated carbocycles. The van der Waals surface area contributed by atoms with Gasteiger partial charge in [-0.1, -0.05) is 0 Å². The van der Waals surface area contributed by atoms with Gasteiger partial charge in [-0.15, -0.1) is 0 Å². The van der Waals surface area contributed by atoms with Crippen LogP contribution in [0.1, 0.15) is 30.1 Å². The zero-order valence-corrected chi connectivity index (χ0v) is 24.7. The number of benzene rings is 3. The quantitative estimate of drug-likeness (QED) is 0.291. The predicted octanol–water partition coefficient (Wildman–Crippen LogP) is 5.05. The van der Waals surface area contributed by atoms with E-state index in [1.54, 1.807) is 42.7 Å². The van der Waals surface area contributed by atoms with Crippen LogP contribution in [0.25, 0.3) is 0 Å². The van der Waals surface area contributed by atoms with Crippen molar-refractivity contribution in [2.24, 2.45) is 5.92 Å². The summed E-state index contributed by atoms with van der Waals surface area (Å²) < 4.78 is 42.3. The van der Waals surface area contributed by atoms with E-state index in [1.807, 2.05) is 30.3 Å². The van der Waals surface area contributed by atoms with Crippen molar-refractivity contribution < 1.29 is 33.2 Å². The van der Waals surface area contributed by atoms with E-state index in [4.69, 9.17) is 33.2 Å². The first-order chi connectivity index (χ1) is 18.5. The molecular weight excluding hydrogens is 551 g/mol. The Morgan fingerprint density at radius 1 is 0.632 bits per heavy atom. The normalized spacial score (nSPS) is 20.6. The van der Waals surface area contributed by atoms with E-state index in [1.165, 1.54) is 4.46 Å². The molecule has 0 spiro atoms. The van der Waals surface area contributed by atoms with Crippen molar-refractivity contribution >= 4 is 19.4 Å². The molecule has 0 aliphatic carbocycles. The van der Waals surface area contributed by atoms with Crippen molar-refractivity contribution in [3.05, 3.63) is 65.7 Å². The zero-order chi connectivity index (χ0) is 27.2. The number of hydrogen-bond donors (Lipinski definition) is 0. The summed E-state index contributed by atoms with van der Waals surface area (Å²) in [6.07, 6.45) is -0.288. The first kappa shape index (κ1) is 28.0. The molecule has 0 radical (unpaired) electrons. The molecule has 0 aromatic heterocycles. The summed E-state index contributed by atoms with van der Waals surface area (Å²) in [5.41, 5.74) is 1.96. The maximum absolute atomic E-state index is 6.91. The fraction of sp³-hybridized carbons (Fsp3) is 0.400. The Bertz CT molecular complexity index is 1220. The molecule has 1 aliphatic heterocycles. The van der Waals surface area contributed by atoms with Gasteiger partial charge in [0.15, 0.2) is 0 Å². The number of ether oxygens (including phenoxy) is 7. The van der Waals surface area contributed by atoms with E-state index in [2.05, 4.69) is 31.2 Å². The summed E-state index contributed by atoms with van der Waals surface area (Å²) in [7, 11) is 9.87. The fourth-order valence-electron chi connectivity index (χ4n) is 5.19. The second-order valence-corrected chi connectivity index (χ2v) is 11.3. The van der Waals surface area contributed by atoms with Crippen LogP contribution >= 0.6 is 0 Å². The summed E-state index contributed by atoms with van der Waals surface area (Å²) in [4.78, 5) is 0. The average Bonchev–Trinajstić information content (AvgIpc) is 3.30. The SMILES string of the molecule is COc1cc(OC)c([C@@H]2[C@@H](C)[C@H](c3cc(OC)c(OC)cc3OC)O[C@@H]2C[Se]c2ccccc2)cc1OC. The van der Waals surface area contributed by atoms with Gasteiger partial charge in [0.05, 0.1) is 0 Å². The standard InChI is InChI=1S/C30H36O7Se/c1-18-29(20-13-24(33-4)26(35-6)15-22(20)31-2)28(17-38-19-11-9-8-10-12-19)37-30(18)21-14-25(34-5)27(36-7)16-23(21)32-3/h8-16,18,28-30H,17H2,1-7H3/t18-,28-,29+,30-/m1/s1. The van der Waals surface area contributed by atoms with E-state index >= 15 is 0 Å². The molecule has 7 nitrogen and oxygen atoms in total. The third-order valence-electron chi connectivity index (χ3n) is 7.06. The van der Waals surface area contributed by atoms with Gasteiger partial charge in [-0.2, -0.15) is 0 Å².